The molecule has 1 aromatic rings. The SMILES string of the molecule is Brc1ccc(CN2C3CCC2CC(Br)C3)cc1. The van der Waals surface area contributed by atoms with Gasteiger partial charge in [0.25, 0.3) is 0 Å². The van der Waals surface area contributed by atoms with Gasteiger partial charge in [-0.1, -0.05) is 44.0 Å². The molecule has 2 saturated heterocycles. The molecule has 3 heteroatoms. The van der Waals surface area contributed by atoms with E-state index in [-0.39, 0.29) is 0 Å². The second kappa shape index (κ2) is 5.02. The summed E-state index contributed by atoms with van der Waals surface area (Å²) in [6, 6.07) is 10.4. The molecule has 0 saturated carbocycles. The third-order valence-electron chi connectivity index (χ3n) is 4.11. The summed E-state index contributed by atoms with van der Waals surface area (Å²) in [6.45, 7) is 1.13. The van der Waals surface area contributed by atoms with Crippen LogP contribution in [0.3, 0.4) is 0 Å². The second-order valence-corrected chi connectivity index (χ2v) is 7.46. The average molecular weight is 359 g/mol. The number of nitrogens with zero attached hydrogens (tertiary/aromatic N) is 1. The van der Waals surface area contributed by atoms with Crippen molar-refractivity contribution < 1.29 is 0 Å². The normalized spacial score (nSPS) is 32.9. The van der Waals surface area contributed by atoms with Gasteiger partial charge in [0.05, 0.1) is 0 Å². The zero-order chi connectivity index (χ0) is 11.8. The minimum atomic E-state index is 0.751. The van der Waals surface area contributed by atoms with Gasteiger partial charge in [0.15, 0.2) is 0 Å². The summed E-state index contributed by atoms with van der Waals surface area (Å²) in [5.74, 6) is 0. The molecule has 0 aromatic heterocycles. The van der Waals surface area contributed by atoms with Gasteiger partial charge in [-0.3, -0.25) is 4.90 Å². The molecule has 2 aliphatic heterocycles. The van der Waals surface area contributed by atoms with Crippen LogP contribution in [-0.4, -0.2) is 21.8 Å². The molecule has 2 heterocycles. The van der Waals surface area contributed by atoms with Crippen molar-refractivity contribution in [2.45, 2.75) is 49.1 Å². The van der Waals surface area contributed by atoms with E-state index < -0.39 is 0 Å². The minimum Gasteiger partial charge on any atom is -0.293 e. The van der Waals surface area contributed by atoms with Crippen LogP contribution in [0.5, 0.6) is 0 Å². The Morgan fingerprint density at radius 1 is 1.06 bits per heavy atom. The Bertz CT molecular complexity index is 376. The van der Waals surface area contributed by atoms with Gasteiger partial charge in [-0.15, -0.1) is 0 Å². The summed E-state index contributed by atoms with van der Waals surface area (Å²) < 4.78 is 1.17. The number of alkyl halides is 1. The fourth-order valence-electron chi connectivity index (χ4n) is 3.27. The standard InChI is InChI=1S/C14H17Br2N/c15-11-3-1-10(2-4-11)9-17-13-5-6-14(17)8-12(16)7-13/h1-4,12-14H,5-9H2. The molecule has 17 heavy (non-hydrogen) atoms. The first-order valence-corrected chi connectivity index (χ1v) is 8.07. The van der Waals surface area contributed by atoms with E-state index in [4.69, 9.17) is 0 Å². The molecule has 92 valence electrons. The molecule has 2 bridgehead atoms. The van der Waals surface area contributed by atoms with Crippen LogP contribution in [0.4, 0.5) is 0 Å². The number of hydrogen-bond donors (Lipinski definition) is 0. The minimum absolute atomic E-state index is 0.751. The van der Waals surface area contributed by atoms with Gasteiger partial charge in [0.1, 0.15) is 0 Å². The molecule has 1 aromatic carbocycles. The lowest BCUT2D eigenvalue weighted by Crippen LogP contribution is -2.42. The second-order valence-electron chi connectivity index (χ2n) is 5.25. The number of halogens is 2. The van der Waals surface area contributed by atoms with Crippen LogP contribution in [0.1, 0.15) is 31.2 Å². The number of rotatable bonds is 2. The molecular formula is C14H17Br2N. The van der Waals surface area contributed by atoms with Gasteiger partial charge in [-0.05, 0) is 43.4 Å². The largest absolute Gasteiger partial charge is 0.293 e. The summed E-state index contributed by atoms with van der Waals surface area (Å²) in [4.78, 5) is 3.47. The van der Waals surface area contributed by atoms with Gasteiger partial charge >= 0.3 is 0 Å². The highest BCUT2D eigenvalue weighted by Crippen LogP contribution is 2.39. The molecule has 2 fully saturated rings. The third kappa shape index (κ3) is 2.61. The van der Waals surface area contributed by atoms with E-state index in [0.29, 0.717) is 0 Å². The summed E-state index contributed by atoms with van der Waals surface area (Å²) in [5, 5.41) is 0. The lowest BCUT2D eigenvalue weighted by atomic mass is 10.0. The van der Waals surface area contributed by atoms with E-state index in [1.807, 2.05) is 0 Å². The molecular weight excluding hydrogens is 342 g/mol. The molecule has 0 N–H and O–H groups in total. The topological polar surface area (TPSA) is 3.24 Å². The maximum absolute atomic E-state index is 3.80. The van der Waals surface area contributed by atoms with E-state index in [1.165, 1.54) is 35.7 Å². The van der Waals surface area contributed by atoms with Crippen molar-refractivity contribution in [3.05, 3.63) is 34.3 Å². The molecule has 2 unspecified atom stereocenters. The van der Waals surface area contributed by atoms with Crippen molar-refractivity contribution in [3.8, 4) is 0 Å². The number of fused-ring (bicyclic) bond motifs is 2. The number of hydrogen-bond acceptors (Lipinski definition) is 1. The first-order chi connectivity index (χ1) is 8.22. The average Bonchev–Trinajstić information content (AvgIpc) is 2.56. The molecule has 0 aliphatic carbocycles. The predicted molar refractivity (Wildman–Crippen MR) is 78.4 cm³/mol. The maximum Gasteiger partial charge on any atom is 0.0239 e. The molecule has 1 nitrogen and oxygen atoms in total. The first-order valence-electron chi connectivity index (χ1n) is 6.36. The predicted octanol–water partition coefficient (Wildman–Crippen LogP) is 4.34. The summed E-state index contributed by atoms with van der Waals surface area (Å²) in [6.07, 6.45) is 5.44. The van der Waals surface area contributed by atoms with Crippen molar-refractivity contribution in [3.63, 3.8) is 0 Å². The highest BCUT2D eigenvalue weighted by Gasteiger charge is 2.39. The van der Waals surface area contributed by atoms with Crippen molar-refractivity contribution in [2.75, 3.05) is 0 Å². The molecule has 2 atom stereocenters. The van der Waals surface area contributed by atoms with Crippen LogP contribution in [-0.2, 0) is 6.54 Å². The third-order valence-corrected chi connectivity index (χ3v) is 5.38. The smallest absolute Gasteiger partial charge is 0.0239 e. The van der Waals surface area contributed by atoms with E-state index in [9.17, 15) is 0 Å². The Labute approximate surface area is 120 Å². The Morgan fingerprint density at radius 3 is 2.24 bits per heavy atom. The van der Waals surface area contributed by atoms with Crippen LogP contribution in [0.25, 0.3) is 0 Å². The highest BCUT2D eigenvalue weighted by atomic mass is 79.9. The Hall–Kier alpha value is 0.140. The zero-order valence-corrected chi connectivity index (χ0v) is 13.0. The fraction of sp³-hybridized carbons (Fsp3) is 0.571. The molecule has 3 rings (SSSR count). The van der Waals surface area contributed by atoms with Gasteiger partial charge < -0.3 is 0 Å². The molecule has 2 aliphatic rings. The van der Waals surface area contributed by atoms with Crippen LogP contribution < -0.4 is 0 Å². The lowest BCUT2D eigenvalue weighted by Gasteiger charge is -2.37. The van der Waals surface area contributed by atoms with E-state index in [1.54, 1.807) is 0 Å². The van der Waals surface area contributed by atoms with Crippen LogP contribution >= 0.6 is 31.9 Å². The van der Waals surface area contributed by atoms with Crippen molar-refractivity contribution in [1.82, 2.24) is 4.90 Å². The monoisotopic (exact) mass is 357 g/mol. The molecule has 0 amide bonds. The Balaban J connectivity index is 1.72. The van der Waals surface area contributed by atoms with Crippen LogP contribution in [0, 0.1) is 0 Å². The lowest BCUT2D eigenvalue weighted by molar-refractivity contribution is 0.137. The fourth-order valence-corrected chi connectivity index (χ4v) is 4.39. The van der Waals surface area contributed by atoms with Gasteiger partial charge in [0.2, 0.25) is 0 Å². The van der Waals surface area contributed by atoms with Gasteiger partial charge in [0, 0.05) is 27.9 Å². The van der Waals surface area contributed by atoms with Crippen molar-refractivity contribution in [2.24, 2.45) is 0 Å². The van der Waals surface area contributed by atoms with Gasteiger partial charge in [-0.25, -0.2) is 0 Å². The summed E-state index contributed by atoms with van der Waals surface area (Å²) in [5.41, 5.74) is 1.44. The summed E-state index contributed by atoms with van der Waals surface area (Å²) in [7, 11) is 0. The van der Waals surface area contributed by atoms with Crippen LogP contribution in [0.2, 0.25) is 0 Å². The van der Waals surface area contributed by atoms with E-state index in [2.05, 4.69) is 61.0 Å². The first kappa shape index (κ1) is 12.2. The van der Waals surface area contributed by atoms with E-state index in [0.717, 1.165) is 23.5 Å². The number of benzene rings is 1. The van der Waals surface area contributed by atoms with Gasteiger partial charge in [-0.2, -0.15) is 0 Å². The van der Waals surface area contributed by atoms with Crippen LogP contribution in [0.15, 0.2) is 28.7 Å². The molecule has 0 spiro atoms. The van der Waals surface area contributed by atoms with Crippen molar-refractivity contribution >= 4 is 31.9 Å². The van der Waals surface area contributed by atoms with E-state index >= 15 is 0 Å². The Morgan fingerprint density at radius 2 is 1.65 bits per heavy atom. The highest BCUT2D eigenvalue weighted by molar-refractivity contribution is 9.10. The zero-order valence-electron chi connectivity index (χ0n) is 9.78. The summed E-state index contributed by atoms with van der Waals surface area (Å²) >= 11 is 7.29. The Kier molecular flexibility index (Phi) is 3.60. The van der Waals surface area contributed by atoms with Crippen molar-refractivity contribution in [1.29, 1.82) is 0 Å². The quantitative estimate of drug-likeness (QED) is 0.711. The molecule has 0 radical (unpaired) electrons. The number of piperidine rings is 1. The maximum atomic E-state index is 3.80.